The Labute approximate surface area is 168 Å². The molecule has 0 radical (unpaired) electrons. The first-order valence-electron chi connectivity index (χ1n) is 14.1. The number of hydrogen-bond acceptors (Lipinski definition) is 3. The Morgan fingerprint density at radius 2 is 2.16 bits per heavy atom. The van der Waals surface area contributed by atoms with Gasteiger partial charge in [-0.15, -0.1) is 0 Å². The minimum atomic E-state index is -3.42. The highest BCUT2D eigenvalue weighted by Gasteiger charge is 2.19. The molecule has 1 N–H and O–H groups in total. The van der Waals surface area contributed by atoms with Crippen LogP contribution in [0.15, 0.2) is 48.3 Å². The molecule has 0 bridgehead atoms. The molecule has 0 amide bonds. The Kier molecular flexibility index (Phi) is 2.10. The maximum absolute atomic E-state index is 11.7. The Morgan fingerprint density at radius 3 is 2.92 bits per heavy atom. The smallest absolute Gasteiger partial charge is 0.307 e. The molecule has 0 saturated carbocycles. The second-order valence-electron chi connectivity index (χ2n) is 5.16. The molecule has 4 heteroatoms. The lowest BCUT2D eigenvalue weighted by molar-refractivity contribution is -0.136. The normalized spacial score (nSPS) is 24.8. The molecule has 0 saturated heterocycles. The molecule has 2 aromatic rings. The molecule has 0 unspecified atom stereocenters. The predicted octanol–water partition coefficient (Wildman–Crippen LogP) is 3.59. The number of fused-ring (bicyclic) bond motifs is 2. The Hall–Kier alpha value is -2.59. The number of aliphatic carboxylic acids is 1. The van der Waals surface area contributed by atoms with Crippen molar-refractivity contribution in [2.24, 2.45) is 0 Å². The van der Waals surface area contributed by atoms with Crippen molar-refractivity contribution >= 4 is 11.5 Å². The molecule has 0 spiro atoms. The van der Waals surface area contributed by atoms with Crippen LogP contribution in [0, 0.1) is 0 Å². The van der Waals surface area contributed by atoms with Crippen molar-refractivity contribution in [1.82, 2.24) is 4.90 Å². The van der Waals surface area contributed by atoms with E-state index < -0.39 is 108 Å². The summed E-state index contributed by atoms with van der Waals surface area (Å²) in [4.78, 5) is 12.6. The van der Waals surface area contributed by atoms with E-state index >= 15 is 0 Å². The van der Waals surface area contributed by atoms with E-state index in [9.17, 15) is 9.90 Å². The van der Waals surface area contributed by atoms with Gasteiger partial charge in [0, 0.05) is 20.3 Å². The fourth-order valence-electron chi connectivity index (χ4n) is 2.11. The van der Waals surface area contributed by atoms with Crippen LogP contribution in [0.25, 0.3) is 5.57 Å². The maximum atomic E-state index is 11.7. The number of nitrogens with zero attached hydrogens (tertiary/aromatic N) is 1. The standard InChI is InChI=1S/C21H23NO3/c1-22(2)11-5-8-18-17-7-4-3-6-16(17)14-25-20-10-9-15(12-19(18)20)13-21(23)24/h3-4,6-10,12H,5,11,13-14H2,1-2H3,(H,23,24)/b18-8-/i3D,4D,5D2,6D,7D,8D,9D,10D,11D2,12D,13D2. The summed E-state index contributed by atoms with van der Waals surface area (Å²) in [5.41, 5.74) is -3.61. The highest BCUT2D eigenvalue weighted by molar-refractivity contribution is 5.85. The predicted molar refractivity (Wildman–Crippen MR) is 98.8 cm³/mol. The van der Waals surface area contributed by atoms with E-state index in [0.29, 0.717) is 0 Å². The Bertz CT molecular complexity index is 1430. The topological polar surface area (TPSA) is 49.8 Å². The third-order valence-corrected chi connectivity index (χ3v) is 3.10. The molecular weight excluding hydrogens is 314 g/mol. The molecule has 0 aromatic heterocycles. The number of carboxylic acid groups (broad SMARTS) is 1. The van der Waals surface area contributed by atoms with Gasteiger partial charge in [0.1, 0.15) is 12.4 Å². The average molecular weight is 352 g/mol. The SMILES string of the molecule is [2H]/C(=C1\c2c([2H])c([2H])c([2H])c([2H])c2COc2c([2H])c([2H])c(C([2H])([2H])C(=O)O)c([2H])c21)C([2H])([2H])C([2H])([2H])N(C)C. The van der Waals surface area contributed by atoms with Gasteiger partial charge >= 0.3 is 5.97 Å². The Morgan fingerprint density at radius 1 is 1.36 bits per heavy atom. The van der Waals surface area contributed by atoms with Gasteiger partial charge in [0.2, 0.25) is 0 Å². The molecule has 25 heavy (non-hydrogen) atoms. The maximum Gasteiger partial charge on any atom is 0.307 e. The third kappa shape index (κ3) is 4.09. The van der Waals surface area contributed by atoms with Crippen LogP contribution in [0.4, 0.5) is 0 Å². The minimum Gasteiger partial charge on any atom is -0.488 e. The molecule has 1 aliphatic rings. The van der Waals surface area contributed by atoms with Gasteiger partial charge < -0.3 is 14.7 Å². The molecule has 0 atom stereocenters. The number of ether oxygens (including phenoxy) is 1. The zero-order chi connectivity index (χ0) is 30.2. The van der Waals surface area contributed by atoms with Gasteiger partial charge in [-0.2, -0.15) is 0 Å². The summed E-state index contributed by atoms with van der Waals surface area (Å²) >= 11 is 0. The summed E-state index contributed by atoms with van der Waals surface area (Å²) in [6.07, 6.45) is -6.68. The highest BCUT2D eigenvalue weighted by atomic mass is 16.5. The number of hydrogen-bond donors (Lipinski definition) is 1. The number of rotatable bonds is 5. The van der Waals surface area contributed by atoms with E-state index in [2.05, 4.69) is 0 Å². The van der Waals surface area contributed by atoms with Crippen molar-refractivity contribution < 1.29 is 33.8 Å². The van der Waals surface area contributed by atoms with Crippen LogP contribution in [0.1, 0.15) is 47.8 Å². The first-order chi connectivity index (χ1) is 17.6. The third-order valence-electron chi connectivity index (χ3n) is 3.10. The molecule has 3 rings (SSSR count). The van der Waals surface area contributed by atoms with Crippen molar-refractivity contribution in [3.63, 3.8) is 0 Å². The first-order valence-corrected chi connectivity index (χ1v) is 7.14. The zero-order valence-electron chi connectivity index (χ0n) is 27.4. The minimum absolute atomic E-state index is 0.328. The number of benzene rings is 2. The molecule has 2 aromatic carbocycles. The second-order valence-corrected chi connectivity index (χ2v) is 5.16. The Balaban J connectivity index is 2.73. The van der Waals surface area contributed by atoms with Gasteiger partial charge in [0.15, 0.2) is 0 Å². The molecule has 4 nitrogen and oxygen atoms in total. The molecule has 1 heterocycles. The summed E-state index contributed by atoms with van der Waals surface area (Å²) in [6, 6.07) is -7.34. The fraction of sp³-hybridized carbons (Fsp3) is 0.286. The van der Waals surface area contributed by atoms with Gasteiger partial charge in [-0.1, -0.05) is 36.3 Å². The van der Waals surface area contributed by atoms with Crippen LogP contribution in [-0.4, -0.2) is 36.6 Å². The molecule has 0 fully saturated rings. The van der Waals surface area contributed by atoms with Gasteiger partial charge in [0.25, 0.3) is 0 Å². The fourth-order valence-corrected chi connectivity index (χ4v) is 2.11. The largest absolute Gasteiger partial charge is 0.488 e. The number of carboxylic acids is 1. The highest BCUT2D eigenvalue weighted by Crippen LogP contribution is 2.37. The van der Waals surface area contributed by atoms with Gasteiger partial charge in [-0.3, -0.25) is 4.79 Å². The molecule has 130 valence electrons. The summed E-state index contributed by atoms with van der Waals surface area (Å²) in [7, 11) is 2.37. The molecular formula is C21H23NO3. The monoisotopic (exact) mass is 351 g/mol. The average Bonchev–Trinajstić information content (AvgIpc) is 3.01. The first kappa shape index (κ1) is 6.96. The number of carbonyl (C=O) groups is 1. The summed E-state index contributed by atoms with van der Waals surface area (Å²) in [5, 5.41) is 9.47. The molecule has 1 aliphatic heterocycles. The van der Waals surface area contributed by atoms with E-state index in [1.807, 2.05) is 0 Å². The van der Waals surface area contributed by atoms with Crippen molar-refractivity contribution in [2.75, 3.05) is 20.6 Å². The van der Waals surface area contributed by atoms with Crippen molar-refractivity contribution in [3.05, 3.63) is 70.6 Å². The van der Waals surface area contributed by atoms with Gasteiger partial charge in [0.05, 0.1) is 17.3 Å². The summed E-state index contributed by atoms with van der Waals surface area (Å²) in [5.74, 6) is -2.81. The van der Waals surface area contributed by atoms with Crippen LogP contribution in [0.3, 0.4) is 0 Å². The van der Waals surface area contributed by atoms with E-state index in [1.165, 1.54) is 14.1 Å². The van der Waals surface area contributed by atoms with Crippen LogP contribution < -0.4 is 4.74 Å². The van der Waals surface area contributed by atoms with Gasteiger partial charge in [-0.25, -0.2) is 0 Å². The van der Waals surface area contributed by atoms with E-state index in [0.717, 1.165) is 4.90 Å². The summed E-state index contributed by atoms with van der Waals surface area (Å²) < 4.78 is 122. The lowest BCUT2D eigenvalue weighted by atomic mass is 9.92. The lowest BCUT2D eigenvalue weighted by Crippen LogP contribution is -2.12. The van der Waals surface area contributed by atoms with Crippen LogP contribution in [0.5, 0.6) is 5.75 Å². The van der Waals surface area contributed by atoms with Crippen LogP contribution in [-0.2, 0) is 17.8 Å². The zero-order valence-corrected chi connectivity index (χ0v) is 13.4. The van der Waals surface area contributed by atoms with Crippen molar-refractivity contribution in [2.45, 2.75) is 19.4 Å². The van der Waals surface area contributed by atoms with Crippen molar-refractivity contribution in [1.29, 1.82) is 0 Å². The van der Waals surface area contributed by atoms with E-state index in [4.69, 9.17) is 23.9 Å². The second kappa shape index (κ2) is 7.53. The summed E-state index contributed by atoms with van der Waals surface area (Å²) in [6.45, 7) is -3.62. The van der Waals surface area contributed by atoms with Gasteiger partial charge in [-0.05, 0) is 54.8 Å². The lowest BCUT2D eigenvalue weighted by Gasteiger charge is -2.13. The van der Waals surface area contributed by atoms with Crippen molar-refractivity contribution in [3.8, 4) is 5.75 Å². The molecule has 0 aliphatic carbocycles. The van der Waals surface area contributed by atoms with E-state index in [1.54, 1.807) is 0 Å². The quantitative estimate of drug-likeness (QED) is 0.894. The van der Waals surface area contributed by atoms with E-state index in [-0.39, 0.29) is 5.56 Å². The van der Waals surface area contributed by atoms with Crippen LogP contribution >= 0.6 is 0 Å². The van der Waals surface area contributed by atoms with Crippen LogP contribution in [0.2, 0.25) is 0 Å².